The van der Waals surface area contributed by atoms with Gasteiger partial charge < -0.3 is 10.1 Å². The van der Waals surface area contributed by atoms with E-state index in [1.54, 1.807) is 6.07 Å². The number of nitrogens with one attached hydrogen (secondary N) is 1. The lowest BCUT2D eigenvalue weighted by molar-refractivity contribution is 0.396. The summed E-state index contributed by atoms with van der Waals surface area (Å²) in [5.41, 5.74) is 0.369. The summed E-state index contributed by atoms with van der Waals surface area (Å²) in [7, 11) is 1.42. The Hall–Kier alpha value is -2.01. The normalized spacial score (nSPS) is 12.2. The van der Waals surface area contributed by atoms with Gasteiger partial charge in [-0.05, 0) is 24.7 Å². The molecule has 0 heterocycles. The first-order valence-corrected chi connectivity index (χ1v) is 6.59. The summed E-state index contributed by atoms with van der Waals surface area (Å²) in [6.45, 7) is 2.31. The van der Waals surface area contributed by atoms with Crippen LogP contribution >= 0.6 is 0 Å². The average molecular weight is 295 g/mol. The van der Waals surface area contributed by atoms with Gasteiger partial charge in [0.25, 0.3) is 0 Å². The van der Waals surface area contributed by atoms with Crippen molar-refractivity contribution in [2.45, 2.75) is 13.0 Å². The zero-order valence-electron chi connectivity index (χ0n) is 11.8. The fraction of sp³-hybridized carbons (Fsp3) is 0.250. The Morgan fingerprint density at radius 2 is 1.86 bits per heavy atom. The summed E-state index contributed by atoms with van der Waals surface area (Å²) in [6, 6.07) is 6.88. The summed E-state index contributed by atoms with van der Waals surface area (Å²) >= 11 is 0. The second kappa shape index (κ2) is 6.63. The van der Waals surface area contributed by atoms with Crippen LogP contribution in [0.4, 0.5) is 13.2 Å². The molecule has 1 atom stereocenters. The molecule has 0 aliphatic carbocycles. The molecule has 0 amide bonds. The summed E-state index contributed by atoms with van der Waals surface area (Å²) in [5, 5.41) is 3.01. The highest BCUT2D eigenvalue weighted by Crippen LogP contribution is 2.33. The van der Waals surface area contributed by atoms with Gasteiger partial charge >= 0.3 is 0 Å². The number of halogens is 3. The molecule has 1 N–H and O–H groups in total. The molecule has 2 nitrogen and oxygen atoms in total. The van der Waals surface area contributed by atoms with Gasteiger partial charge in [-0.25, -0.2) is 13.2 Å². The van der Waals surface area contributed by atoms with E-state index in [4.69, 9.17) is 4.74 Å². The van der Waals surface area contributed by atoms with Crippen LogP contribution in [0.15, 0.2) is 36.4 Å². The summed E-state index contributed by atoms with van der Waals surface area (Å²) in [5.74, 6) is -1.60. The van der Waals surface area contributed by atoms with E-state index in [1.165, 1.54) is 25.3 Å². The van der Waals surface area contributed by atoms with Gasteiger partial charge in [0, 0.05) is 11.6 Å². The third-order valence-electron chi connectivity index (χ3n) is 3.20. The van der Waals surface area contributed by atoms with Crippen molar-refractivity contribution in [1.29, 1.82) is 0 Å². The third-order valence-corrected chi connectivity index (χ3v) is 3.20. The van der Waals surface area contributed by atoms with Crippen molar-refractivity contribution in [2.24, 2.45) is 0 Å². The van der Waals surface area contributed by atoms with Gasteiger partial charge in [0.15, 0.2) is 0 Å². The third kappa shape index (κ3) is 3.19. The lowest BCUT2D eigenvalue weighted by Gasteiger charge is -2.22. The fourth-order valence-electron chi connectivity index (χ4n) is 2.28. The highest BCUT2D eigenvalue weighted by Gasteiger charge is 2.24. The van der Waals surface area contributed by atoms with E-state index in [9.17, 15) is 13.2 Å². The quantitative estimate of drug-likeness (QED) is 0.905. The van der Waals surface area contributed by atoms with Crippen LogP contribution in [0.5, 0.6) is 5.75 Å². The molecule has 21 heavy (non-hydrogen) atoms. The Balaban J connectivity index is 2.58. The predicted molar refractivity (Wildman–Crippen MR) is 74.8 cm³/mol. The Kier molecular flexibility index (Phi) is 4.85. The molecule has 0 radical (unpaired) electrons. The van der Waals surface area contributed by atoms with E-state index in [0.717, 1.165) is 12.1 Å². The molecule has 0 aromatic heterocycles. The molecule has 2 aromatic rings. The van der Waals surface area contributed by atoms with Gasteiger partial charge in [-0.3, -0.25) is 0 Å². The average Bonchev–Trinajstić information content (AvgIpc) is 2.45. The van der Waals surface area contributed by atoms with Crippen molar-refractivity contribution >= 4 is 0 Å². The monoisotopic (exact) mass is 295 g/mol. The first-order chi connectivity index (χ1) is 10.1. The fourth-order valence-corrected chi connectivity index (χ4v) is 2.28. The Bertz CT molecular complexity index is 631. The van der Waals surface area contributed by atoms with Crippen molar-refractivity contribution in [1.82, 2.24) is 5.32 Å². The van der Waals surface area contributed by atoms with Crippen LogP contribution in [0, 0.1) is 17.5 Å². The minimum atomic E-state index is -0.758. The lowest BCUT2D eigenvalue weighted by atomic mass is 9.96. The Morgan fingerprint density at radius 1 is 1.10 bits per heavy atom. The van der Waals surface area contributed by atoms with Crippen molar-refractivity contribution in [2.75, 3.05) is 13.7 Å². The minimum Gasteiger partial charge on any atom is -0.496 e. The van der Waals surface area contributed by atoms with Gasteiger partial charge in [0.05, 0.1) is 18.7 Å². The summed E-state index contributed by atoms with van der Waals surface area (Å²) < 4.78 is 46.5. The van der Waals surface area contributed by atoms with Gasteiger partial charge in [0.1, 0.15) is 23.2 Å². The van der Waals surface area contributed by atoms with Gasteiger partial charge in [-0.15, -0.1) is 0 Å². The molecule has 1 unspecified atom stereocenters. The molecular formula is C16H16F3NO. The lowest BCUT2D eigenvalue weighted by Crippen LogP contribution is -2.24. The number of rotatable bonds is 5. The molecule has 112 valence electrons. The van der Waals surface area contributed by atoms with Crippen LogP contribution in [0.25, 0.3) is 0 Å². The molecule has 2 aromatic carbocycles. The highest BCUT2D eigenvalue weighted by molar-refractivity contribution is 5.43. The van der Waals surface area contributed by atoms with E-state index in [-0.39, 0.29) is 11.1 Å². The van der Waals surface area contributed by atoms with E-state index in [1.807, 2.05) is 6.92 Å². The van der Waals surface area contributed by atoms with Crippen LogP contribution in [0.2, 0.25) is 0 Å². The zero-order valence-corrected chi connectivity index (χ0v) is 11.8. The maximum atomic E-state index is 14.2. The minimum absolute atomic E-state index is 0.168. The zero-order chi connectivity index (χ0) is 15.4. The number of hydrogen-bond donors (Lipinski definition) is 1. The van der Waals surface area contributed by atoms with Crippen LogP contribution in [-0.2, 0) is 0 Å². The highest BCUT2D eigenvalue weighted by atomic mass is 19.1. The van der Waals surface area contributed by atoms with Gasteiger partial charge in [-0.1, -0.05) is 19.1 Å². The topological polar surface area (TPSA) is 21.3 Å². The molecule has 5 heteroatoms. The first kappa shape index (κ1) is 15.4. The molecular weight excluding hydrogens is 279 g/mol. The molecule has 2 rings (SSSR count). The number of methoxy groups -OCH3 is 1. The number of hydrogen-bond acceptors (Lipinski definition) is 2. The van der Waals surface area contributed by atoms with Crippen molar-refractivity contribution in [3.8, 4) is 5.75 Å². The predicted octanol–water partition coefficient (Wildman–Crippen LogP) is 3.81. The SMILES string of the molecule is CCNC(c1ccc(F)cc1F)c1c(F)cccc1OC. The van der Waals surface area contributed by atoms with E-state index >= 15 is 0 Å². The second-order valence-electron chi connectivity index (χ2n) is 4.51. The van der Waals surface area contributed by atoms with Crippen LogP contribution in [0.1, 0.15) is 24.1 Å². The van der Waals surface area contributed by atoms with Crippen LogP contribution < -0.4 is 10.1 Å². The van der Waals surface area contributed by atoms with E-state index in [0.29, 0.717) is 12.3 Å². The molecule has 0 bridgehead atoms. The second-order valence-corrected chi connectivity index (χ2v) is 4.51. The van der Waals surface area contributed by atoms with Crippen molar-refractivity contribution < 1.29 is 17.9 Å². The number of ether oxygens (including phenoxy) is 1. The first-order valence-electron chi connectivity index (χ1n) is 6.59. The van der Waals surface area contributed by atoms with E-state index in [2.05, 4.69) is 5.32 Å². The smallest absolute Gasteiger partial charge is 0.132 e. The molecule has 0 spiro atoms. The molecule has 0 saturated carbocycles. The largest absolute Gasteiger partial charge is 0.496 e. The molecule has 0 saturated heterocycles. The molecule has 0 aliphatic rings. The molecule has 0 fully saturated rings. The van der Waals surface area contributed by atoms with Gasteiger partial charge in [0.2, 0.25) is 0 Å². The van der Waals surface area contributed by atoms with Crippen molar-refractivity contribution in [3.63, 3.8) is 0 Å². The van der Waals surface area contributed by atoms with Gasteiger partial charge in [-0.2, -0.15) is 0 Å². The van der Waals surface area contributed by atoms with Crippen LogP contribution in [-0.4, -0.2) is 13.7 Å². The number of benzene rings is 2. The van der Waals surface area contributed by atoms with E-state index < -0.39 is 23.5 Å². The maximum absolute atomic E-state index is 14.2. The van der Waals surface area contributed by atoms with Crippen LogP contribution in [0.3, 0.4) is 0 Å². The standard InChI is InChI=1S/C16H16F3NO/c1-3-20-16(11-8-7-10(17)9-13(11)19)15-12(18)5-4-6-14(15)21-2/h4-9,16,20H,3H2,1-2H3. The Labute approximate surface area is 121 Å². The maximum Gasteiger partial charge on any atom is 0.132 e. The summed E-state index contributed by atoms with van der Waals surface area (Å²) in [6.07, 6.45) is 0. The summed E-state index contributed by atoms with van der Waals surface area (Å²) in [4.78, 5) is 0. The van der Waals surface area contributed by atoms with Crippen molar-refractivity contribution in [3.05, 3.63) is 65.0 Å². The Morgan fingerprint density at radius 3 is 2.48 bits per heavy atom. The molecule has 0 aliphatic heterocycles.